The lowest BCUT2D eigenvalue weighted by molar-refractivity contribution is -0.152. The molecule has 0 heterocycles. The maximum absolute atomic E-state index is 12.4. The van der Waals surface area contributed by atoms with Crippen molar-refractivity contribution in [2.24, 2.45) is 5.10 Å². The van der Waals surface area contributed by atoms with Crippen LogP contribution in [0.3, 0.4) is 0 Å². The van der Waals surface area contributed by atoms with Gasteiger partial charge in [0.1, 0.15) is 5.75 Å². The molecule has 30 heavy (non-hydrogen) atoms. The van der Waals surface area contributed by atoms with E-state index in [2.05, 4.69) is 14.0 Å². The van der Waals surface area contributed by atoms with Crippen molar-refractivity contribution in [2.45, 2.75) is 5.51 Å². The summed E-state index contributed by atoms with van der Waals surface area (Å²) >= 11 is 5.83. The van der Waals surface area contributed by atoms with Gasteiger partial charge < -0.3 is 8.92 Å². The fraction of sp³-hybridized carbons (Fsp3) is 0.118. The lowest BCUT2D eigenvalue weighted by Gasteiger charge is -2.11. The van der Waals surface area contributed by atoms with Gasteiger partial charge in [0, 0.05) is 16.1 Å². The van der Waals surface area contributed by atoms with Crippen LogP contribution >= 0.6 is 11.6 Å². The van der Waals surface area contributed by atoms with Crippen LogP contribution in [0.5, 0.6) is 5.75 Å². The van der Waals surface area contributed by atoms with E-state index in [4.69, 9.17) is 11.6 Å². The number of benzene rings is 2. The zero-order valence-electron chi connectivity index (χ0n) is 14.9. The van der Waals surface area contributed by atoms with Crippen molar-refractivity contribution in [2.75, 3.05) is 7.11 Å². The van der Waals surface area contributed by atoms with Crippen molar-refractivity contribution in [3.8, 4) is 5.75 Å². The van der Waals surface area contributed by atoms with E-state index in [1.54, 1.807) is 0 Å². The Kier molecular flexibility index (Phi) is 7.05. The van der Waals surface area contributed by atoms with Crippen LogP contribution in [0.15, 0.2) is 53.6 Å². The zero-order valence-corrected chi connectivity index (χ0v) is 16.5. The summed E-state index contributed by atoms with van der Waals surface area (Å²) in [4.78, 5) is 22.8. The third kappa shape index (κ3) is 5.70. The first-order valence-corrected chi connectivity index (χ1v) is 9.56. The molecule has 0 fully saturated rings. The molecule has 1 N–H and O–H groups in total. The monoisotopic (exact) mass is 464 g/mol. The Morgan fingerprint density at radius 1 is 1.00 bits per heavy atom. The maximum Gasteiger partial charge on any atom is 0.534 e. The highest BCUT2D eigenvalue weighted by Crippen LogP contribution is 2.27. The van der Waals surface area contributed by atoms with Crippen molar-refractivity contribution in [3.05, 3.63) is 64.7 Å². The third-order valence-corrected chi connectivity index (χ3v) is 4.61. The highest BCUT2D eigenvalue weighted by Gasteiger charge is 2.48. The van der Waals surface area contributed by atoms with Crippen LogP contribution in [-0.2, 0) is 24.4 Å². The Bertz CT molecular complexity index is 1070. The molecule has 0 atom stereocenters. The molecule has 0 radical (unpaired) electrons. The van der Waals surface area contributed by atoms with Crippen LogP contribution in [0, 0.1) is 0 Å². The summed E-state index contributed by atoms with van der Waals surface area (Å²) in [6, 6.07) is 10.4. The molecule has 0 saturated carbocycles. The number of methoxy groups -OCH3 is 1. The number of hydrazone groups is 1. The lowest BCUT2D eigenvalue weighted by Crippen LogP contribution is -2.29. The average Bonchev–Trinajstić information content (AvgIpc) is 2.68. The molecule has 0 aliphatic carbocycles. The maximum atomic E-state index is 12.4. The average molecular weight is 465 g/mol. The van der Waals surface area contributed by atoms with Crippen LogP contribution in [0.4, 0.5) is 13.2 Å². The molecule has 0 saturated heterocycles. The number of ether oxygens (including phenoxy) is 1. The van der Waals surface area contributed by atoms with Gasteiger partial charge in [-0.2, -0.15) is 26.7 Å². The van der Waals surface area contributed by atoms with E-state index in [-0.39, 0.29) is 11.3 Å². The van der Waals surface area contributed by atoms with Gasteiger partial charge >= 0.3 is 27.5 Å². The van der Waals surface area contributed by atoms with Gasteiger partial charge in [0.05, 0.1) is 12.8 Å². The number of carbonyl (C=O) groups excluding carboxylic acids is 2. The SMILES string of the molecule is COC(=O)C(=O)NN=C(c1ccc(Cl)cc1)c1ccc(OS(=O)(=O)C(F)(F)F)cc1. The summed E-state index contributed by atoms with van der Waals surface area (Å²) in [6.45, 7) is 0. The predicted octanol–water partition coefficient (Wildman–Crippen LogP) is 2.61. The van der Waals surface area contributed by atoms with Crippen molar-refractivity contribution in [3.63, 3.8) is 0 Å². The highest BCUT2D eigenvalue weighted by molar-refractivity contribution is 7.88. The molecule has 0 spiro atoms. The summed E-state index contributed by atoms with van der Waals surface area (Å²) in [5.41, 5.74) is -2.84. The first-order chi connectivity index (χ1) is 13.9. The largest absolute Gasteiger partial charge is 0.534 e. The lowest BCUT2D eigenvalue weighted by atomic mass is 10.0. The summed E-state index contributed by atoms with van der Waals surface area (Å²) < 4.78 is 67.8. The Morgan fingerprint density at radius 3 is 1.97 bits per heavy atom. The topological polar surface area (TPSA) is 111 Å². The number of carbonyl (C=O) groups is 2. The number of hydrogen-bond donors (Lipinski definition) is 1. The number of rotatable bonds is 5. The molecule has 0 aliphatic rings. The number of hydrogen-bond acceptors (Lipinski definition) is 7. The minimum Gasteiger partial charge on any atom is -0.462 e. The van der Waals surface area contributed by atoms with Gasteiger partial charge in [-0.05, 0) is 36.4 Å². The number of amides is 1. The molecule has 0 aromatic heterocycles. The van der Waals surface area contributed by atoms with E-state index < -0.39 is 33.3 Å². The van der Waals surface area contributed by atoms with Gasteiger partial charge in [0.2, 0.25) is 0 Å². The Labute approximate surface area is 173 Å². The number of nitrogens with zero attached hydrogens (tertiary/aromatic N) is 1. The standard InChI is InChI=1S/C17H12ClF3N2O6S/c1-28-16(25)15(24)23-22-14(10-2-6-12(18)7-3-10)11-4-8-13(9-5-11)29-30(26,27)17(19,20)21/h2-9H,1H3,(H,23,24). The van der Waals surface area contributed by atoms with Crippen LogP contribution in [0.1, 0.15) is 11.1 Å². The quantitative estimate of drug-likeness (QED) is 0.182. The molecule has 0 bridgehead atoms. The van der Waals surface area contributed by atoms with Gasteiger partial charge in [-0.1, -0.05) is 23.7 Å². The van der Waals surface area contributed by atoms with Gasteiger partial charge in [0.15, 0.2) is 0 Å². The number of esters is 1. The Hall–Kier alpha value is -3.12. The number of halogens is 4. The van der Waals surface area contributed by atoms with E-state index in [1.165, 1.54) is 36.4 Å². The van der Waals surface area contributed by atoms with Crippen LogP contribution < -0.4 is 9.61 Å². The van der Waals surface area contributed by atoms with Crippen molar-refractivity contribution >= 4 is 39.3 Å². The van der Waals surface area contributed by atoms with E-state index in [9.17, 15) is 31.2 Å². The molecular weight excluding hydrogens is 453 g/mol. The molecule has 0 unspecified atom stereocenters. The molecule has 13 heteroatoms. The summed E-state index contributed by atoms with van der Waals surface area (Å²) in [7, 11) is -4.83. The fourth-order valence-electron chi connectivity index (χ4n) is 1.99. The zero-order chi connectivity index (χ0) is 22.5. The summed E-state index contributed by atoms with van der Waals surface area (Å²) in [6.07, 6.45) is 0. The third-order valence-electron chi connectivity index (χ3n) is 3.37. The van der Waals surface area contributed by atoms with Gasteiger partial charge in [0.25, 0.3) is 0 Å². The highest BCUT2D eigenvalue weighted by atomic mass is 35.5. The van der Waals surface area contributed by atoms with Gasteiger partial charge in [-0.3, -0.25) is 4.79 Å². The molecule has 2 aromatic carbocycles. The Balaban J connectivity index is 2.38. The fourth-order valence-corrected chi connectivity index (χ4v) is 2.58. The molecule has 2 aromatic rings. The molecule has 160 valence electrons. The smallest absolute Gasteiger partial charge is 0.462 e. The van der Waals surface area contributed by atoms with E-state index in [0.29, 0.717) is 10.6 Å². The van der Waals surface area contributed by atoms with Crippen LogP contribution in [0.25, 0.3) is 0 Å². The first kappa shape index (κ1) is 23.2. The van der Waals surface area contributed by atoms with E-state index >= 15 is 0 Å². The second kappa shape index (κ2) is 9.13. The number of nitrogens with one attached hydrogen (secondary N) is 1. The minimum absolute atomic E-state index is 0.0918. The van der Waals surface area contributed by atoms with Gasteiger partial charge in [-0.15, -0.1) is 0 Å². The minimum atomic E-state index is -5.83. The van der Waals surface area contributed by atoms with Crippen molar-refractivity contribution in [1.29, 1.82) is 0 Å². The van der Waals surface area contributed by atoms with Gasteiger partial charge in [-0.25, -0.2) is 10.2 Å². The Morgan fingerprint density at radius 2 is 1.50 bits per heavy atom. The van der Waals surface area contributed by atoms with Crippen LogP contribution in [-0.4, -0.2) is 38.6 Å². The van der Waals surface area contributed by atoms with E-state index in [0.717, 1.165) is 19.2 Å². The first-order valence-electron chi connectivity index (χ1n) is 7.77. The van der Waals surface area contributed by atoms with Crippen LogP contribution in [0.2, 0.25) is 5.02 Å². The number of alkyl halides is 3. The molecule has 0 aliphatic heterocycles. The van der Waals surface area contributed by atoms with Crippen molar-refractivity contribution < 1.29 is 40.1 Å². The normalized spacial score (nSPS) is 12.2. The summed E-state index contributed by atoms with van der Waals surface area (Å²) in [5, 5.41) is 4.24. The second-order valence-electron chi connectivity index (χ2n) is 5.41. The molecule has 8 nitrogen and oxygen atoms in total. The van der Waals surface area contributed by atoms with E-state index in [1.807, 2.05) is 5.43 Å². The molecule has 1 amide bonds. The molecule has 2 rings (SSSR count). The predicted molar refractivity (Wildman–Crippen MR) is 99.3 cm³/mol. The summed E-state index contributed by atoms with van der Waals surface area (Å²) in [5.74, 6) is -2.96. The van der Waals surface area contributed by atoms with Crippen molar-refractivity contribution in [1.82, 2.24) is 5.43 Å². The molecular formula is C17H12ClF3N2O6S. The second-order valence-corrected chi connectivity index (χ2v) is 7.38.